The van der Waals surface area contributed by atoms with Gasteiger partial charge in [0.2, 0.25) is 5.91 Å². The topological polar surface area (TPSA) is 72.2 Å². The largest absolute Gasteiger partial charge is 0.323 e. The minimum Gasteiger partial charge on any atom is -0.323 e. The normalized spacial score (nSPS) is 10.5. The van der Waals surface area contributed by atoms with Crippen molar-refractivity contribution in [3.8, 4) is 0 Å². The minimum absolute atomic E-state index is 0.0154. The van der Waals surface area contributed by atoms with E-state index in [4.69, 9.17) is 0 Å². The lowest BCUT2D eigenvalue weighted by atomic mass is 10.2. The zero-order chi connectivity index (χ0) is 15.2. The van der Waals surface area contributed by atoms with Gasteiger partial charge in [0, 0.05) is 28.4 Å². The van der Waals surface area contributed by atoms with Crippen LogP contribution in [0.1, 0.15) is 5.56 Å². The fourth-order valence-electron chi connectivity index (χ4n) is 1.60. The smallest absolute Gasteiger partial charge is 0.269 e. The molecule has 6 heteroatoms. The predicted octanol–water partition coefficient (Wildman–Crippen LogP) is 4.01. The summed E-state index contributed by atoms with van der Waals surface area (Å²) < 4.78 is 0.968. The molecule has 0 fully saturated rings. The molecule has 0 aliphatic rings. The Hall–Kier alpha value is -2.47. The average Bonchev–Trinajstić information content (AvgIpc) is 2.47. The molecular weight excluding hydrogens is 336 g/mol. The molecule has 0 spiro atoms. The highest BCUT2D eigenvalue weighted by molar-refractivity contribution is 9.10. The third-order valence-electron chi connectivity index (χ3n) is 2.64. The Morgan fingerprint density at radius 1 is 1.10 bits per heavy atom. The second-order valence-electron chi connectivity index (χ2n) is 4.18. The van der Waals surface area contributed by atoms with Crippen LogP contribution in [0.4, 0.5) is 11.4 Å². The highest BCUT2D eigenvalue weighted by Gasteiger charge is 2.04. The van der Waals surface area contributed by atoms with E-state index < -0.39 is 4.92 Å². The molecule has 0 aromatic heterocycles. The van der Waals surface area contributed by atoms with Crippen molar-refractivity contribution in [1.29, 1.82) is 0 Å². The Morgan fingerprint density at radius 2 is 1.71 bits per heavy atom. The van der Waals surface area contributed by atoms with Crippen molar-refractivity contribution in [3.05, 3.63) is 74.8 Å². The minimum atomic E-state index is -0.487. The van der Waals surface area contributed by atoms with Crippen molar-refractivity contribution in [2.24, 2.45) is 0 Å². The van der Waals surface area contributed by atoms with Crippen LogP contribution in [0.2, 0.25) is 0 Å². The van der Waals surface area contributed by atoms with E-state index in [2.05, 4.69) is 21.2 Å². The molecular formula is C15H11BrN2O3. The number of rotatable bonds is 4. The number of halogens is 1. The lowest BCUT2D eigenvalue weighted by molar-refractivity contribution is -0.384. The number of carbonyl (C=O) groups is 1. The third kappa shape index (κ3) is 4.54. The molecule has 0 unspecified atom stereocenters. The number of benzene rings is 2. The summed E-state index contributed by atoms with van der Waals surface area (Å²) in [5, 5.41) is 13.2. The Balaban J connectivity index is 1.98. The summed E-state index contributed by atoms with van der Waals surface area (Å²) in [6.07, 6.45) is 3.10. The lowest BCUT2D eigenvalue weighted by Gasteiger charge is -2.01. The van der Waals surface area contributed by atoms with Gasteiger partial charge in [0.05, 0.1) is 4.92 Å². The Labute approximate surface area is 129 Å². The van der Waals surface area contributed by atoms with Crippen LogP contribution in [0.5, 0.6) is 0 Å². The first kappa shape index (κ1) is 14.9. The van der Waals surface area contributed by atoms with Crippen LogP contribution in [0, 0.1) is 10.1 Å². The van der Waals surface area contributed by atoms with E-state index in [1.165, 1.54) is 30.3 Å². The number of non-ortho nitro benzene ring substituents is 1. The van der Waals surface area contributed by atoms with E-state index in [-0.39, 0.29) is 11.6 Å². The Morgan fingerprint density at radius 3 is 2.29 bits per heavy atom. The molecule has 0 atom stereocenters. The maximum Gasteiger partial charge on any atom is 0.269 e. The summed E-state index contributed by atoms with van der Waals surface area (Å²) in [7, 11) is 0. The molecule has 0 aliphatic heterocycles. The standard InChI is InChI=1S/C15H11BrN2O3/c16-12-4-1-11(2-5-12)3-10-15(19)17-13-6-8-14(9-7-13)18(20)21/h1-10H,(H,17,19)/b10-3-. The van der Waals surface area contributed by atoms with Gasteiger partial charge in [-0.05, 0) is 35.9 Å². The van der Waals surface area contributed by atoms with Crippen LogP contribution >= 0.6 is 15.9 Å². The van der Waals surface area contributed by atoms with Crippen molar-refractivity contribution in [1.82, 2.24) is 0 Å². The van der Waals surface area contributed by atoms with Crippen LogP contribution in [-0.2, 0) is 4.79 Å². The van der Waals surface area contributed by atoms with Gasteiger partial charge in [-0.3, -0.25) is 14.9 Å². The first-order valence-corrected chi connectivity index (χ1v) is 6.83. The number of nitro benzene ring substituents is 1. The van der Waals surface area contributed by atoms with Crippen LogP contribution in [0.3, 0.4) is 0 Å². The molecule has 2 aromatic carbocycles. The summed E-state index contributed by atoms with van der Waals surface area (Å²) in [5.74, 6) is -0.299. The van der Waals surface area contributed by atoms with Crippen molar-refractivity contribution < 1.29 is 9.72 Å². The first-order chi connectivity index (χ1) is 10.0. The number of amides is 1. The molecule has 0 bridgehead atoms. The van der Waals surface area contributed by atoms with Gasteiger partial charge in [-0.2, -0.15) is 0 Å². The predicted molar refractivity (Wildman–Crippen MR) is 84.9 cm³/mol. The van der Waals surface area contributed by atoms with E-state index in [0.29, 0.717) is 5.69 Å². The molecule has 1 N–H and O–H groups in total. The van der Waals surface area contributed by atoms with E-state index in [1.54, 1.807) is 6.08 Å². The molecule has 106 valence electrons. The highest BCUT2D eigenvalue weighted by atomic mass is 79.9. The van der Waals surface area contributed by atoms with Crippen LogP contribution < -0.4 is 5.32 Å². The van der Waals surface area contributed by atoms with Gasteiger partial charge in [0.25, 0.3) is 5.69 Å². The molecule has 0 radical (unpaired) electrons. The monoisotopic (exact) mass is 346 g/mol. The van der Waals surface area contributed by atoms with Gasteiger partial charge in [0.15, 0.2) is 0 Å². The van der Waals surface area contributed by atoms with E-state index >= 15 is 0 Å². The van der Waals surface area contributed by atoms with Gasteiger partial charge >= 0.3 is 0 Å². The highest BCUT2D eigenvalue weighted by Crippen LogP contribution is 2.15. The molecule has 0 heterocycles. The van der Waals surface area contributed by atoms with Crippen LogP contribution in [-0.4, -0.2) is 10.8 Å². The fourth-order valence-corrected chi connectivity index (χ4v) is 1.86. The lowest BCUT2D eigenvalue weighted by Crippen LogP contribution is -2.07. The van der Waals surface area contributed by atoms with Crippen molar-refractivity contribution in [2.75, 3.05) is 5.32 Å². The Bertz CT molecular complexity index is 679. The van der Waals surface area contributed by atoms with Gasteiger partial charge in [-0.25, -0.2) is 0 Å². The number of hydrogen-bond acceptors (Lipinski definition) is 3. The summed E-state index contributed by atoms with van der Waals surface area (Å²) >= 11 is 3.33. The number of hydrogen-bond donors (Lipinski definition) is 1. The second kappa shape index (κ2) is 6.81. The number of nitrogens with one attached hydrogen (secondary N) is 1. The third-order valence-corrected chi connectivity index (χ3v) is 3.17. The number of anilines is 1. The summed E-state index contributed by atoms with van der Waals surface area (Å²) in [5.41, 5.74) is 1.39. The molecule has 0 saturated heterocycles. The molecule has 2 rings (SSSR count). The van der Waals surface area contributed by atoms with Crippen LogP contribution in [0.15, 0.2) is 59.1 Å². The second-order valence-corrected chi connectivity index (χ2v) is 5.09. The number of nitrogens with zero attached hydrogens (tertiary/aromatic N) is 1. The maximum absolute atomic E-state index is 11.7. The quantitative estimate of drug-likeness (QED) is 0.516. The molecule has 0 saturated carbocycles. The van der Waals surface area contributed by atoms with Crippen molar-refractivity contribution in [2.45, 2.75) is 0 Å². The van der Waals surface area contributed by atoms with Gasteiger partial charge in [0.1, 0.15) is 0 Å². The number of carbonyl (C=O) groups excluding carboxylic acids is 1. The zero-order valence-corrected chi connectivity index (χ0v) is 12.4. The van der Waals surface area contributed by atoms with Gasteiger partial charge < -0.3 is 5.32 Å². The molecule has 1 amide bonds. The molecule has 21 heavy (non-hydrogen) atoms. The summed E-state index contributed by atoms with van der Waals surface area (Å²) in [6, 6.07) is 13.2. The molecule has 0 aliphatic carbocycles. The van der Waals surface area contributed by atoms with Gasteiger partial charge in [-0.1, -0.05) is 28.1 Å². The van der Waals surface area contributed by atoms with Crippen molar-refractivity contribution >= 4 is 39.3 Å². The molecule has 5 nitrogen and oxygen atoms in total. The van der Waals surface area contributed by atoms with Gasteiger partial charge in [-0.15, -0.1) is 0 Å². The fraction of sp³-hybridized carbons (Fsp3) is 0. The number of nitro groups is 1. The zero-order valence-electron chi connectivity index (χ0n) is 10.8. The van der Waals surface area contributed by atoms with Crippen LogP contribution in [0.25, 0.3) is 6.08 Å². The first-order valence-electron chi connectivity index (χ1n) is 6.04. The summed E-state index contributed by atoms with van der Waals surface area (Å²) in [6.45, 7) is 0. The van der Waals surface area contributed by atoms with E-state index in [1.807, 2.05) is 24.3 Å². The molecule has 2 aromatic rings. The van der Waals surface area contributed by atoms with Crippen molar-refractivity contribution in [3.63, 3.8) is 0 Å². The average molecular weight is 347 g/mol. The maximum atomic E-state index is 11.7. The SMILES string of the molecule is O=C(/C=C\c1ccc(Br)cc1)Nc1ccc([N+](=O)[O-])cc1. The van der Waals surface area contributed by atoms with E-state index in [0.717, 1.165) is 10.0 Å². The van der Waals surface area contributed by atoms with E-state index in [9.17, 15) is 14.9 Å². The summed E-state index contributed by atoms with van der Waals surface area (Å²) in [4.78, 5) is 21.8. The Kier molecular flexibility index (Phi) is 4.84.